The first kappa shape index (κ1) is 14.2. The van der Waals surface area contributed by atoms with Gasteiger partial charge in [0.15, 0.2) is 0 Å². The van der Waals surface area contributed by atoms with E-state index in [9.17, 15) is 8.42 Å². The van der Waals surface area contributed by atoms with E-state index in [4.69, 9.17) is 0 Å². The number of sulfonamides is 1. The van der Waals surface area contributed by atoms with E-state index in [0.717, 1.165) is 22.3 Å². The highest BCUT2D eigenvalue weighted by molar-refractivity contribution is 7.88. The molecule has 0 aliphatic carbocycles. The van der Waals surface area contributed by atoms with Crippen LogP contribution in [-0.2, 0) is 10.0 Å². The molecule has 0 aliphatic rings. The Labute approximate surface area is 116 Å². The van der Waals surface area contributed by atoms with Gasteiger partial charge in [-0.1, -0.05) is 0 Å². The molecular weight excluding hydrogens is 284 g/mol. The molecule has 0 spiro atoms. The van der Waals surface area contributed by atoms with E-state index in [1.165, 1.54) is 6.33 Å². The number of rotatable bonds is 5. The van der Waals surface area contributed by atoms with Crippen LogP contribution in [0.1, 0.15) is 13.8 Å². The zero-order valence-corrected chi connectivity index (χ0v) is 12.6. The van der Waals surface area contributed by atoms with Gasteiger partial charge in [0, 0.05) is 12.1 Å². The Kier molecular flexibility index (Phi) is 3.75. The molecule has 2 aromatic heterocycles. The molecule has 0 amide bonds. The van der Waals surface area contributed by atoms with Crippen LogP contribution in [-0.4, -0.2) is 36.7 Å². The van der Waals surface area contributed by atoms with Crippen LogP contribution in [0.5, 0.6) is 0 Å². The van der Waals surface area contributed by atoms with Crippen molar-refractivity contribution >= 4 is 37.4 Å². The summed E-state index contributed by atoms with van der Waals surface area (Å²) in [6.07, 6.45) is 2.65. The zero-order chi connectivity index (χ0) is 14.1. The number of thiophene rings is 1. The second-order valence-electron chi connectivity index (χ2n) is 4.97. The Hall–Kier alpha value is -1.25. The summed E-state index contributed by atoms with van der Waals surface area (Å²) in [5.74, 6) is 0.717. The fourth-order valence-electron chi connectivity index (χ4n) is 1.77. The SMILES string of the molecule is CC(C)(CNc1ncnc2sccc12)NS(C)(=O)=O. The minimum atomic E-state index is -3.24. The molecule has 2 rings (SSSR count). The lowest BCUT2D eigenvalue weighted by Gasteiger charge is -2.25. The maximum atomic E-state index is 11.3. The predicted molar refractivity (Wildman–Crippen MR) is 78.0 cm³/mol. The van der Waals surface area contributed by atoms with Crippen molar-refractivity contribution in [2.24, 2.45) is 0 Å². The van der Waals surface area contributed by atoms with Crippen LogP contribution >= 0.6 is 11.3 Å². The van der Waals surface area contributed by atoms with Gasteiger partial charge < -0.3 is 5.32 Å². The Bertz CT molecular complexity index is 679. The molecule has 0 aliphatic heterocycles. The van der Waals surface area contributed by atoms with Gasteiger partial charge in [-0.3, -0.25) is 0 Å². The molecule has 19 heavy (non-hydrogen) atoms. The average Bonchev–Trinajstić information content (AvgIpc) is 2.71. The molecule has 0 atom stereocenters. The number of hydrogen-bond donors (Lipinski definition) is 2. The molecule has 0 aromatic carbocycles. The predicted octanol–water partition coefficient (Wildman–Crippen LogP) is 1.43. The van der Waals surface area contributed by atoms with Gasteiger partial charge in [-0.15, -0.1) is 11.3 Å². The molecule has 8 heteroatoms. The third kappa shape index (κ3) is 3.85. The number of nitrogens with one attached hydrogen (secondary N) is 2. The molecule has 0 fully saturated rings. The summed E-state index contributed by atoms with van der Waals surface area (Å²) < 4.78 is 25.1. The van der Waals surface area contributed by atoms with Gasteiger partial charge >= 0.3 is 0 Å². The third-order valence-corrected chi connectivity index (χ3v) is 4.17. The van der Waals surface area contributed by atoms with Gasteiger partial charge in [0.1, 0.15) is 17.0 Å². The van der Waals surface area contributed by atoms with Crippen molar-refractivity contribution in [3.8, 4) is 0 Å². The van der Waals surface area contributed by atoms with Crippen LogP contribution in [0.3, 0.4) is 0 Å². The lowest BCUT2D eigenvalue weighted by atomic mass is 10.1. The van der Waals surface area contributed by atoms with Gasteiger partial charge in [-0.05, 0) is 25.3 Å². The number of aromatic nitrogens is 2. The van der Waals surface area contributed by atoms with Gasteiger partial charge in [0.2, 0.25) is 10.0 Å². The maximum Gasteiger partial charge on any atom is 0.209 e. The van der Waals surface area contributed by atoms with Crippen molar-refractivity contribution in [1.82, 2.24) is 14.7 Å². The Morgan fingerprint density at radius 3 is 2.79 bits per heavy atom. The largest absolute Gasteiger partial charge is 0.368 e. The minimum absolute atomic E-state index is 0.433. The zero-order valence-electron chi connectivity index (χ0n) is 11.0. The first-order valence-electron chi connectivity index (χ1n) is 5.68. The molecule has 0 saturated heterocycles. The van der Waals surface area contributed by atoms with Crippen LogP contribution in [0.15, 0.2) is 17.8 Å². The lowest BCUT2D eigenvalue weighted by Crippen LogP contribution is -2.47. The van der Waals surface area contributed by atoms with E-state index in [1.54, 1.807) is 11.3 Å². The summed E-state index contributed by atoms with van der Waals surface area (Å²) in [6.45, 7) is 4.06. The van der Waals surface area contributed by atoms with E-state index < -0.39 is 15.6 Å². The normalized spacial score (nSPS) is 12.8. The highest BCUT2D eigenvalue weighted by atomic mass is 32.2. The Balaban J connectivity index is 2.12. The van der Waals surface area contributed by atoms with Crippen LogP contribution in [0.2, 0.25) is 0 Å². The van der Waals surface area contributed by atoms with Crippen LogP contribution in [0.4, 0.5) is 5.82 Å². The van der Waals surface area contributed by atoms with Crippen molar-refractivity contribution in [2.45, 2.75) is 19.4 Å². The van der Waals surface area contributed by atoms with E-state index in [1.807, 2.05) is 25.3 Å². The molecule has 0 unspecified atom stereocenters. The minimum Gasteiger partial charge on any atom is -0.368 e. The van der Waals surface area contributed by atoms with Crippen LogP contribution in [0.25, 0.3) is 10.2 Å². The Morgan fingerprint density at radius 2 is 2.11 bits per heavy atom. The third-order valence-electron chi connectivity index (χ3n) is 2.42. The number of fused-ring (bicyclic) bond motifs is 1. The first-order valence-corrected chi connectivity index (χ1v) is 8.45. The summed E-state index contributed by atoms with van der Waals surface area (Å²) >= 11 is 1.54. The molecule has 104 valence electrons. The van der Waals surface area contributed by atoms with E-state index >= 15 is 0 Å². The molecule has 0 bridgehead atoms. The first-order chi connectivity index (χ1) is 8.77. The van der Waals surface area contributed by atoms with E-state index in [0.29, 0.717) is 6.54 Å². The Morgan fingerprint density at radius 1 is 1.37 bits per heavy atom. The average molecular weight is 300 g/mol. The van der Waals surface area contributed by atoms with Gasteiger partial charge in [0.25, 0.3) is 0 Å². The number of nitrogens with zero attached hydrogens (tertiary/aromatic N) is 2. The summed E-state index contributed by atoms with van der Waals surface area (Å²) in [5, 5.41) is 6.06. The highest BCUT2D eigenvalue weighted by Crippen LogP contribution is 2.24. The molecule has 0 radical (unpaired) electrons. The van der Waals surface area contributed by atoms with Crippen molar-refractivity contribution in [1.29, 1.82) is 0 Å². The second-order valence-corrected chi connectivity index (χ2v) is 7.62. The lowest BCUT2D eigenvalue weighted by molar-refractivity contribution is 0.476. The van der Waals surface area contributed by atoms with Gasteiger partial charge in [0.05, 0.1) is 11.6 Å². The highest BCUT2D eigenvalue weighted by Gasteiger charge is 2.22. The molecule has 2 aromatic rings. The van der Waals surface area contributed by atoms with Gasteiger partial charge in [-0.2, -0.15) is 0 Å². The van der Waals surface area contributed by atoms with Crippen molar-refractivity contribution in [3.63, 3.8) is 0 Å². The van der Waals surface area contributed by atoms with Crippen LogP contribution < -0.4 is 10.0 Å². The van der Waals surface area contributed by atoms with Crippen molar-refractivity contribution in [3.05, 3.63) is 17.8 Å². The van der Waals surface area contributed by atoms with Crippen molar-refractivity contribution in [2.75, 3.05) is 18.1 Å². The molecule has 6 nitrogen and oxygen atoms in total. The van der Waals surface area contributed by atoms with E-state index in [2.05, 4.69) is 20.0 Å². The number of anilines is 1. The topological polar surface area (TPSA) is 84.0 Å². The summed E-state index contributed by atoms with van der Waals surface area (Å²) in [4.78, 5) is 9.26. The molecule has 2 heterocycles. The monoisotopic (exact) mass is 300 g/mol. The number of hydrogen-bond acceptors (Lipinski definition) is 6. The summed E-state index contributed by atoms with van der Waals surface area (Å²) in [7, 11) is -3.24. The quantitative estimate of drug-likeness (QED) is 0.872. The fraction of sp³-hybridized carbons (Fsp3) is 0.455. The molecule has 0 saturated carbocycles. The maximum absolute atomic E-state index is 11.3. The van der Waals surface area contributed by atoms with E-state index in [-0.39, 0.29) is 0 Å². The standard InChI is InChI=1S/C11H16N4O2S2/c1-11(2,15-19(3,16)17)6-12-9-8-4-5-18-10(8)14-7-13-9/h4-5,7,15H,6H2,1-3H3,(H,12,13,14). The van der Waals surface area contributed by atoms with Crippen LogP contribution in [0, 0.1) is 0 Å². The summed E-state index contributed by atoms with van der Waals surface area (Å²) in [6, 6.07) is 1.94. The van der Waals surface area contributed by atoms with Gasteiger partial charge in [-0.25, -0.2) is 23.1 Å². The smallest absolute Gasteiger partial charge is 0.209 e. The molecule has 2 N–H and O–H groups in total. The molecular formula is C11H16N4O2S2. The van der Waals surface area contributed by atoms with Crippen molar-refractivity contribution < 1.29 is 8.42 Å². The summed E-state index contributed by atoms with van der Waals surface area (Å²) in [5.41, 5.74) is -0.596. The fourth-order valence-corrected chi connectivity index (χ4v) is 3.58. The second kappa shape index (κ2) is 5.03.